The fourth-order valence-electron chi connectivity index (χ4n) is 2.51. The van der Waals surface area contributed by atoms with Gasteiger partial charge in [0, 0.05) is 21.7 Å². The van der Waals surface area contributed by atoms with Crippen molar-refractivity contribution in [3.05, 3.63) is 50.7 Å². The number of fused-ring (bicyclic) bond motifs is 4. The van der Waals surface area contributed by atoms with Gasteiger partial charge in [-0.15, -0.1) is 0 Å². The highest BCUT2D eigenvalue weighted by Crippen LogP contribution is 2.38. The lowest BCUT2D eigenvalue weighted by Gasteiger charge is -1.91. The van der Waals surface area contributed by atoms with Crippen molar-refractivity contribution in [1.82, 2.24) is 4.98 Å². The van der Waals surface area contributed by atoms with Crippen LogP contribution in [0.25, 0.3) is 32.6 Å². The number of aromatic nitrogens is 1. The van der Waals surface area contributed by atoms with E-state index >= 15 is 0 Å². The molecule has 0 spiro atoms. The molecule has 0 aliphatic carbocycles. The summed E-state index contributed by atoms with van der Waals surface area (Å²) >= 11 is 0. The molecule has 3 aromatic carbocycles. The van der Waals surface area contributed by atoms with Gasteiger partial charge in [-0.2, -0.15) is 0 Å². The van der Waals surface area contributed by atoms with Crippen molar-refractivity contribution in [3.8, 4) is 0 Å². The largest absolute Gasteiger partial charge is 0.349 e. The Morgan fingerprint density at radius 2 is 1.89 bits per heavy atom. The quantitative estimate of drug-likeness (QED) is 0.409. The minimum absolute atomic E-state index is 0.0938. The SMILES string of the molecule is O=c1c2cc3c([nH]c4ccccc43)c([N+](=O)[O-])c12. The maximum atomic E-state index is 11.5. The second-order valence-corrected chi connectivity index (χ2v) is 4.33. The average molecular weight is 238 g/mol. The molecule has 1 N–H and O–H groups in total. The van der Waals surface area contributed by atoms with Gasteiger partial charge in [0.25, 0.3) is 0 Å². The van der Waals surface area contributed by atoms with Crippen molar-refractivity contribution in [3.63, 3.8) is 0 Å². The van der Waals surface area contributed by atoms with Gasteiger partial charge >= 0.3 is 5.69 Å². The Balaban J connectivity index is 2.34. The van der Waals surface area contributed by atoms with Crippen LogP contribution in [0.3, 0.4) is 0 Å². The maximum absolute atomic E-state index is 11.5. The molecule has 0 saturated heterocycles. The van der Waals surface area contributed by atoms with Crippen molar-refractivity contribution < 1.29 is 4.92 Å². The zero-order valence-electron chi connectivity index (χ0n) is 9.06. The van der Waals surface area contributed by atoms with Gasteiger partial charge in [0.2, 0.25) is 5.43 Å². The van der Waals surface area contributed by atoms with Gasteiger partial charge in [0.15, 0.2) is 0 Å². The van der Waals surface area contributed by atoms with E-state index in [2.05, 4.69) is 4.98 Å². The number of nitro benzene ring substituents is 1. The molecule has 4 aromatic rings. The molecule has 4 rings (SSSR count). The molecule has 18 heavy (non-hydrogen) atoms. The zero-order chi connectivity index (χ0) is 12.4. The Morgan fingerprint density at radius 1 is 1.11 bits per heavy atom. The van der Waals surface area contributed by atoms with Gasteiger partial charge in [-0.3, -0.25) is 14.9 Å². The van der Waals surface area contributed by atoms with E-state index in [1.54, 1.807) is 6.07 Å². The Labute approximate surface area is 99.5 Å². The van der Waals surface area contributed by atoms with Crippen LogP contribution in [0.1, 0.15) is 0 Å². The summed E-state index contributed by atoms with van der Waals surface area (Å²) in [6.07, 6.45) is 0. The Morgan fingerprint density at radius 3 is 2.67 bits per heavy atom. The summed E-state index contributed by atoms with van der Waals surface area (Å²) in [5.74, 6) is 0. The van der Waals surface area contributed by atoms with E-state index < -0.39 is 4.92 Å². The fourth-order valence-corrected chi connectivity index (χ4v) is 2.51. The van der Waals surface area contributed by atoms with Gasteiger partial charge in [-0.25, -0.2) is 0 Å². The normalized spacial score (nSPS) is 12.0. The summed E-state index contributed by atoms with van der Waals surface area (Å²) in [6.45, 7) is 0. The summed E-state index contributed by atoms with van der Waals surface area (Å²) in [6, 6.07) is 9.22. The molecule has 86 valence electrons. The van der Waals surface area contributed by atoms with E-state index in [4.69, 9.17) is 0 Å². The number of nitro groups is 1. The number of hydrogen-bond donors (Lipinski definition) is 1. The van der Waals surface area contributed by atoms with Crippen molar-refractivity contribution in [2.75, 3.05) is 0 Å². The average Bonchev–Trinajstić information content (AvgIpc) is 2.85. The lowest BCUT2D eigenvalue weighted by Crippen LogP contribution is -1.88. The topological polar surface area (TPSA) is 76.0 Å². The van der Waals surface area contributed by atoms with E-state index in [1.807, 2.05) is 24.3 Å². The number of H-pyrrole nitrogens is 1. The van der Waals surface area contributed by atoms with E-state index in [9.17, 15) is 14.9 Å². The predicted octanol–water partition coefficient (Wildman–Crippen LogP) is 2.62. The second-order valence-electron chi connectivity index (χ2n) is 4.33. The molecular formula is C13H6N2O3. The highest BCUT2D eigenvalue weighted by atomic mass is 16.6. The summed E-state index contributed by atoms with van der Waals surface area (Å²) in [4.78, 5) is 25.2. The van der Waals surface area contributed by atoms with E-state index in [1.165, 1.54) is 0 Å². The van der Waals surface area contributed by atoms with Crippen LogP contribution in [0.4, 0.5) is 5.69 Å². The maximum Gasteiger partial charge on any atom is 0.305 e. The third kappa shape index (κ3) is 0.940. The second kappa shape index (κ2) is 2.76. The van der Waals surface area contributed by atoms with Crippen molar-refractivity contribution >= 4 is 38.3 Å². The number of hydrogen-bond acceptors (Lipinski definition) is 3. The van der Waals surface area contributed by atoms with Crippen molar-refractivity contribution in [2.24, 2.45) is 0 Å². The number of para-hydroxylation sites is 1. The first kappa shape index (κ1) is 9.35. The third-order valence-corrected chi connectivity index (χ3v) is 3.37. The van der Waals surface area contributed by atoms with Crippen LogP contribution in [0.15, 0.2) is 35.1 Å². The molecular weight excluding hydrogens is 232 g/mol. The molecule has 0 bridgehead atoms. The van der Waals surface area contributed by atoms with Gasteiger partial charge in [0.05, 0.1) is 4.92 Å². The monoisotopic (exact) mass is 238 g/mol. The van der Waals surface area contributed by atoms with Crippen LogP contribution < -0.4 is 5.43 Å². The Bertz CT molecular complexity index is 971. The molecule has 1 aromatic heterocycles. The van der Waals surface area contributed by atoms with Gasteiger partial charge in [0.1, 0.15) is 10.9 Å². The van der Waals surface area contributed by atoms with Crippen molar-refractivity contribution in [1.29, 1.82) is 0 Å². The van der Waals surface area contributed by atoms with Gasteiger partial charge in [-0.1, -0.05) is 18.2 Å². The number of non-ortho nitro benzene ring substituents is 1. The first-order valence-corrected chi connectivity index (χ1v) is 5.45. The molecule has 0 radical (unpaired) electrons. The van der Waals surface area contributed by atoms with E-state index in [0.717, 1.165) is 16.3 Å². The highest BCUT2D eigenvalue weighted by Gasteiger charge is 2.29. The van der Waals surface area contributed by atoms with Crippen molar-refractivity contribution in [2.45, 2.75) is 0 Å². The van der Waals surface area contributed by atoms with Crippen LogP contribution in [-0.4, -0.2) is 9.91 Å². The summed E-state index contributed by atoms with van der Waals surface area (Å²) < 4.78 is 0. The first-order chi connectivity index (χ1) is 8.68. The van der Waals surface area contributed by atoms with Gasteiger partial charge in [-0.05, 0) is 12.1 Å². The lowest BCUT2D eigenvalue weighted by atomic mass is 10.1. The Kier molecular flexibility index (Phi) is 1.43. The molecule has 0 atom stereocenters. The molecule has 0 amide bonds. The third-order valence-electron chi connectivity index (χ3n) is 3.37. The standard InChI is InChI=1S/C13H6N2O3/c16-13-8-5-7-6-3-1-2-4-9(6)14-11(7)12(10(8)13)15(17)18/h1-5,14H. The molecule has 0 saturated carbocycles. The molecule has 0 fully saturated rings. The minimum atomic E-state index is -0.485. The number of benzene rings is 2. The van der Waals surface area contributed by atoms with Crippen LogP contribution >= 0.6 is 0 Å². The predicted molar refractivity (Wildman–Crippen MR) is 68.6 cm³/mol. The Hall–Kier alpha value is -2.69. The molecule has 1 heterocycles. The van der Waals surface area contributed by atoms with Gasteiger partial charge < -0.3 is 4.98 Å². The zero-order valence-corrected chi connectivity index (χ0v) is 9.06. The lowest BCUT2D eigenvalue weighted by molar-refractivity contribution is -0.381. The molecule has 0 aliphatic heterocycles. The summed E-state index contributed by atoms with van der Waals surface area (Å²) in [7, 11) is 0. The van der Waals surface area contributed by atoms with Crippen LogP contribution in [0.5, 0.6) is 0 Å². The number of nitrogens with one attached hydrogen (secondary N) is 1. The minimum Gasteiger partial charge on any atom is -0.349 e. The first-order valence-electron chi connectivity index (χ1n) is 5.45. The molecule has 0 unspecified atom stereocenters. The van der Waals surface area contributed by atoms with Crippen LogP contribution in [-0.2, 0) is 0 Å². The number of nitrogens with zero attached hydrogens (tertiary/aromatic N) is 1. The smallest absolute Gasteiger partial charge is 0.305 e. The van der Waals surface area contributed by atoms with E-state index in [0.29, 0.717) is 10.9 Å². The summed E-state index contributed by atoms with van der Waals surface area (Å²) in [5, 5.41) is 13.5. The van der Waals surface area contributed by atoms with Crippen LogP contribution in [0.2, 0.25) is 0 Å². The number of rotatable bonds is 1. The number of aromatic amines is 1. The molecule has 5 nitrogen and oxygen atoms in total. The van der Waals surface area contributed by atoms with Crippen LogP contribution in [0, 0.1) is 10.1 Å². The van der Waals surface area contributed by atoms with E-state index in [-0.39, 0.29) is 16.5 Å². The molecule has 0 aliphatic rings. The summed E-state index contributed by atoms with van der Waals surface area (Å²) in [5.41, 5.74) is 0.970. The fraction of sp³-hybridized carbons (Fsp3) is 0. The highest BCUT2D eigenvalue weighted by molar-refractivity contribution is 6.21. The molecule has 5 heteroatoms.